The zero-order chi connectivity index (χ0) is 30.0. The van der Waals surface area contributed by atoms with Crippen molar-refractivity contribution in [3.8, 4) is 0 Å². The smallest absolute Gasteiger partial charge is 0.475 e. The highest BCUT2D eigenvalue weighted by Gasteiger charge is 2.47. The molecule has 3 saturated heterocycles. The van der Waals surface area contributed by atoms with Crippen molar-refractivity contribution < 1.29 is 55.7 Å². The van der Waals surface area contributed by atoms with Gasteiger partial charge in [0.05, 0.1) is 11.8 Å². The predicted octanol–water partition coefficient (Wildman–Crippen LogP) is 3.52. The number of piperidine rings is 1. The van der Waals surface area contributed by atoms with Gasteiger partial charge in [-0.25, -0.2) is 14.4 Å². The molecule has 40 heavy (non-hydrogen) atoms. The van der Waals surface area contributed by atoms with Crippen molar-refractivity contribution in [1.82, 2.24) is 20.1 Å². The first-order valence-electron chi connectivity index (χ1n) is 12.5. The number of aromatic nitrogens is 1. The Labute approximate surface area is 226 Å². The van der Waals surface area contributed by atoms with Crippen LogP contribution in [0.15, 0.2) is 24.4 Å². The van der Waals surface area contributed by atoms with Gasteiger partial charge in [-0.2, -0.15) is 26.3 Å². The van der Waals surface area contributed by atoms with Crippen LogP contribution in [0.25, 0.3) is 0 Å². The Morgan fingerprint density at radius 1 is 1.02 bits per heavy atom. The van der Waals surface area contributed by atoms with Crippen molar-refractivity contribution >= 4 is 18.0 Å². The molecule has 226 valence electrons. The van der Waals surface area contributed by atoms with Crippen molar-refractivity contribution in [2.75, 3.05) is 39.3 Å². The molecule has 0 saturated carbocycles. The fraction of sp³-hybridized carbons (Fsp3) is 0.667. The van der Waals surface area contributed by atoms with Crippen LogP contribution in [0.2, 0.25) is 0 Å². The molecule has 0 aliphatic carbocycles. The second-order valence-electron chi connectivity index (χ2n) is 9.57. The number of alkyl halides is 6. The Kier molecular flexibility index (Phi) is 12.0. The van der Waals surface area contributed by atoms with Crippen LogP contribution in [0.3, 0.4) is 0 Å². The third kappa shape index (κ3) is 10.4. The van der Waals surface area contributed by atoms with Crippen molar-refractivity contribution in [2.45, 2.75) is 57.1 Å². The largest absolute Gasteiger partial charge is 0.490 e. The van der Waals surface area contributed by atoms with Gasteiger partial charge in [-0.05, 0) is 44.2 Å². The van der Waals surface area contributed by atoms with E-state index in [4.69, 9.17) is 24.5 Å². The molecule has 1 aromatic rings. The summed E-state index contributed by atoms with van der Waals surface area (Å²) in [5, 5.41) is 17.4. The van der Waals surface area contributed by atoms with E-state index >= 15 is 0 Å². The van der Waals surface area contributed by atoms with Gasteiger partial charge in [0.2, 0.25) is 0 Å². The summed E-state index contributed by atoms with van der Waals surface area (Å²) >= 11 is 0. The molecule has 0 spiro atoms. The average molecular weight is 587 g/mol. The van der Waals surface area contributed by atoms with Crippen molar-refractivity contribution in [2.24, 2.45) is 5.41 Å². The predicted molar refractivity (Wildman–Crippen MR) is 127 cm³/mol. The van der Waals surface area contributed by atoms with E-state index in [9.17, 15) is 31.1 Å². The summed E-state index contributed by atoms with van der Waals surface area (Å²) in [6, 6.07) is 6.22. The van der Waals surface area contributed by atoms with Gasteiger partial charge in [0.15, 0.2) is 0 Å². The standard InChI is InChI=1S/C20H30N4O2.2C2HF3O2/c25-19(24-11-3-4-12-24)22-10-7-20-8-14-26-18(20)6-13-23(16-20)15-17-5-1-2-9-21-17;2*3-2(4,5)1(6)7/h1-2,5,9,18H,3-4,6-8,10-16H2,(H,22,25);2*(H,6,7)/t18-,20+;;/m1../s1. The number of nitrogens with zero attached hydrogens (tertiary/aromatic N) is 3. The lowest BCUT2D eigenvalue weighted by Crippen LogP contribution is -2.51. The Morgan fingerprint density at radius 3 is 2.15 bits per heavy atom. The number of pyridine rings is 1. The number of carbonyl (C=O) groups is 3. The van der Waals surface area contributed by atoms with Crippen LogP contribution < -0.4 is 5.32 Å². The minimum absolute atomic E-state index is 0.107. The lowest BCUT2D eigenvalue weighted by atomic mass is 9.74. The van der Waals surface area contributed by atoms with Gasteiger partial charge in [0.1, 0.15) is 0 Å². The number of carboxylic acid groups (broad SMARTS) is 2. The van der Waals surface area contributed by atoms with E-state index in [1.807, 2.05) is 17.2 Å². The van der Waals surface area contributed by atoms with Crippen LogP contribution in [-0.4, -0.2) is 101 Å². The summed E-state index contributed by atoms with van der Waals surface area (Å²) in [4.78, 5) is 39.0. The van der Waals surface area contributed by atoms with Crippen molar-refractivity contribution in [3.05, 3.63) is 30.1 Å². The van der Waals surface area contributed by atoms with Gasteiger partial charge in [0.25, 0.3) is 0 Å². The topological polar surface area (TPSA) is 132 Å². The second-order valence-corrected chi connectivity index (χ2v) is 9.57. The number of rotatable bonds is 5. The van der Waals surface area contributed by atoms with E-state index in [-0.39, 0.29) is 11.4 Å². The van der Waals surface area contributed by atoms with Crippen LogP contribution in [0.4, 0.5) is 31.1 Å². The zero-order valence-corrected chi connectivity index (χ0v) is 21.5. The highest BCUT2D eigenvalue weighted by Crippen LogP contribution is 2.43. The number of ether oxygens (including phenoxy) is 1. The second kappa shape index (κ2) is 14.5. The molecule has 3 fully saturated rings. The lowest BCUT2D eigenvalue weighted by molar-refractivity contribution is -0.193. The van der Waals surface area contributed by atoms with Crippen LogP contribution in [0.1, 0.15) is 37.8 Å². The van der Waals surface area contributed by atoms with Gasteiger partial charge in [-0.1, -0.05) is 6.07 Å². The normalized spacial score (nSPS) is 22.8. The summed E-state index contributed by atoms with van der Waals surface area (Å²) in [5.74, 6) is -5.51. The fourth-order valence-electron chi connectivity index (χ4n) is 4.81. The summed E-state index contributed by atoms with van der Waals surface area (Å²) in [7, 11) is 0. The first kappa shape index (κ1) is 33.1. The number of likely N-dealkylation sites (tertiary alicyclic amines) is 2. The molecular weight excluding hydrogens is 554 g/mol. The molecule has 4 rings (SSSR count). The molecule has 3 aliphatic rings. The summed E-state index contributed by atoms with van der Waals surface area (Å²) in [6.45, 7) is 6.39. The third-order valence-corrected chi connectivity index (χ3v) is 6.74. The molecule has 4 heterocycles. The maximum Gasteiger partial charge on any atom is 0.490 e. The van der Waals surface area contributed by atoms with E-state index in [0.717, 1.165) is 83.7 Å². The van der Waals surface area contributed by atoms with Gasteiger partial charge < -0.3 is 25.2 Å². The maximum absolute atomic E-state index is 12.2. The quantitative estimate of drug-likeness (QED) is 0.447. The molecule has 3 aliphatic heterocycles. The average Bonchev–Trinajstić information content (AvgIpc) is 3.55. The number of hydrogen-bond acceptors (Lipinski definition) is 6. The number of amides is 2. The number of aliphatic carboxylic acids is 2. The number of fused-ring (bicyclic) bond motifs is 1. The maximum atomic E-state index is 12.2. The summed E-state index contributed by atoms with van der Waals surface area (Å²) in [6.07, 6.45) is -2.53. The Hall–Kier alpha value is -3.14. The SMILES string of the molecule is O=C(NCC[C@@]12CCO[C@@H]1CCN(Cc1ccccn1)C2)N1CCCC1.O=C(O)C(F)(F)F.O=C(O)C(F)(F)F. The molecule has 1 aromatic heterocycles. The van der Waals surface area contributed by atoms with Gasteiger partial charge in [0, 0.05) is 57.5 Å². The van der Waals surface area contributed by atoms with E-state index in [0.29, 0.717) is 6.10 Å². The Bertz CT molecular complexity index is 951. The highest BCUT2D eigenvalue weighted by atomic mass is 19.4. The third-order valence-electron chi connectivity index (χ3n) is 6.74. The molecule has 0 radical (unpaired) electrons. The minimum Gasteiger partial charge on any atom is -0.475 e. The van der Waals surface area contributed by atoms with Crippen LogP contribution >= 0.6 is 0 Å². The number of nitrogens with one attached hydrogen (secondary N) is 1. The zero-order valence-electron chi connectivity index (χ0n) is 21.5. The van der Waals surface area contributed by atoms with E-state index in [1.54, 1.807) is 0 Å². The minimum atomic E-state index is -5.08. The number of urea groups is 1. The van der Waals surface area contributed by atoms with E-state index < -0.39 is 24.3 Å². The monoisotopic (exact) mass is 586 g/mol. The molecule has 2 amide bonds. The number of carboxylic acids is 2. The molecule has 0 aromatic carbocycles. The molecule has 2 atom stereocenters. The lowest BCUT2D eigenvalue weighted by Gasteiger charge is -2.44. The van der Waals surface area contributed by atoms with Crippen LogP contribution in [0.5, 0.6) is 0 Å². The molecule has 0 bridgehead atoms. The molecule has 10 nitrogen and oxygen atoms in total. The number of halogens is 6. The van der Waals surface area contributed by atoms with Crippen molar-refractivity contribution in [3.63, 3.8) is 0 Å². The first-order chi connectivity index (χ1) is 18.6. The molecule has 3 N–H and O–H groups in total. The van der Waals surface area contributed by atoms with E-state index in [1.165, 1.54) is 0 Å². The van der Waals surface area contributed by atoms with E-state index in [2.05, 4.69) is 27.3 Å². The van der Waals surface area contributed by atoms with Gasteiger partial charge >= 0.3 is 30.3 Å². The highest BCUT2D eigenvalue weighted by molar-refractivity contribution is 5.74. The van der Waals surface area contributed by atoms with Crippen LogP contribution in [0, 0.1) is 5.41 Å². The molecule has 0 unspecified atom stereocenters. The van der Waals surface area contributed by atoms with Gasteiger partial charge in [-0.3, -0.25) is 9.88 Å². The van der Waals surface area contributed by atoms with Crippen molar-refractivity contribution in [1.29, 1.82) is 0 Å². The first-order valence-corrected chi connectivity index (χ1v) is 12.5. The number of hydrogen-bond donors (Lipinski definition) is 3. The molecule has 16 heteroatoms. The summed E-state index contributed by atoms with van der Waals surface area (Å²) < 4.78 is 69.5. The molecular formula is C24H32F6N4O6. The number of carbonyl (C=O) groups excluding carboxylic acids is 1. The van der Waals surface area contributed by atoms with Crippen LogP contribution in [-0.2, 0) is 20.9 Å². The fourth-order valence-corrected chi connectivity index (χ4v) is 4.81. The van der Waals surface area contributed by atoms with Gasteiger partial charge in [-0.15, -0.1) is 0 Å². The Morgan fingerprint density at radius 2 is 1.62 bits per heavy atom. The Balaban J connectivity index is 0.000000333. The summed E-state index contributed by atoms with van der Waals surface area (Å²) in [5.41, 5.74) is 1.30.